The lowest BCUT2D eigenvalue weighted by molar-refractivity contribution is 0.102. The summed E-state index contributed by atoms with van der Waals surface area (Å²) in [5.74, 6) is -0.209. The molecule has 1 aromatic heterocycles. The van der Waals surface area contributed by atoms with Gasteiger partial charge in [-0.15, -0.1) is 0 Å². The summed E-state index contributed by atoms with van der Waals surface area (Å²) in [6.45, 7) is 0. The lowest BCUT2D eigenvalue weighted by atomic mass is 10.3. The van der Waals surface area contributed by atoms with Gasteiger partial charge in [-0.05, 0) is 24.3 Å². The number of amides is 1. The maximum Gasteiger partial charge on any atom is 0.274 e. The Morgan fingerprint density at radius 2 is 1.90 bits per heavy atom. The quantitative estimate of drug-likeness (QED) is 0.841. The summed E-state index contributed by atoms with van der Waals surface area (Å²) in [7, 11) is -2.33. The van der Waals surface area contributed by atoms with E-state index in [2.05, 4.69) is 15.3 Å². The van der Waals surface area contributed by atoms with Crippen LogP contribution in [0, 0.1) is 0 Å². The van der Waals surface area contributed by atoms with Crippen molar-refractivity contribution in [1.82, 2.24) is 9.97 Å². The zero-order valence-corrected chi connectivity index (χ0v) is 11.8. The number of nitrogens with two attached hydrogens (primary N) is 1. The van der Waals surface area contributed by atoms with Gasteiger partial charge in [0.2, 0.25) is 15.9 Å². The van der Waals surface area contributed by atoms with E-state index in [9.17, 15) is 13.2 Å². The number of carbonyl (C=O) groups is 1. The Hall–Kier alpha value is -2.52. The SMILES string of the molecule is COc1cc(C(=O)Nc2ccc(S(N)(=O)=O)cc2)ncn1. The largest absolute Gasteiger partial charge is 0.481 e. The van der Waals surface area contributed by atoms with E-state index in [0.29, 0.717) is 5.69 Å². The van der Waals surface area contributed by atoms with Crippen LogP contribution < -0.4 is 15.2 Å². The van der Waals surface area contributed by atoms with Gasteiger partial charge in [0, 0.05) is 11.8 Å². The molecule has 0 aliphatic rings. The smallest absolute Gasteiger partial charge is 0.274 e. The molecule has 21 heavy (non-hydrogen) atoms. The Morgan fingerprint density at radius 1 is 1.24 bits per heavy atom. The summed E-state index contributed by atoms with van der Waals surface area (Å²) in [5.41, 5.74) is 0.530. The van der Waals surface area contributed by atoms with Crippen LogP contribution in [0.3, 0.4) is 0 Å². The highest BCUT2D eigenvalue weighted by Crippen LogP contribution is 2.14. The van der Waals surface area contributed by atoms with Crippen LogP contribution in [0.25, 0.3) is 0 Å². The maximum atomic E-state index is 12.0. The molecule has 0 fully saturated rings. The maximum absolute atomic E-state index is 12.0. The first-order valence-corrected chi connectivity index (χ1v) is 7.25. The summed E-state index contributed by atoms with van der Waals surface area (Å²) in [6.07, 6.45) is 1.21. The second-order valence-electron chi connectivity index (χ2n) is 3.97. The van der Waals surface area contributed by atoms with Gasteiger partial charge in [0.1, 0.15) is 12.0 Å². The van der Waals surface area contributed by atoms with Crippen LogP contribution in [0.4, 0.5) is 5.69 Å². The minimum Gasteiger partial charge on any atom is -0.481 e. The van der Waals surface area contributed by atoms with Crippen LogP contribution in [-0.4, -0.2) is 31.4 Å². The third kappa shape index (κ3) is 3.74. The van der Waals surface area contributed by atoms with Gasteiger partial charge in [0.25, 0.3) is 5.91 Å². The Balaban J connectivity index is 2.16. The summed E-state index contributed by atoms with van der Waals surface area (Å²) >= 11 is 0. The molecule has 0 aliphatic heterocycles. The molecule has 8 nitrogen and oxygen atoms in total. The van der Waals surface area contributed by atoms with Crippen molar-refractivity contribution < 1.29 is 17.9 Å². The summed E-state index contributed by atoms with van der Waals surface area (Å²) in [4.78, 5) is 19.5. The van der Waals surface area contributed by atoms with Gasteiger partial charge in [-0.25, -0.2) is 23.5 Å². The van der Waals surface area contributed by atoms with Crippen molar-refractivity contribution in [2.45, 2.75) is 4.90 Å². The minimum atomic E-state index is -3.76. The van der Waals surface area contributed by atoms with Crippen LogP contribution in [-0.2, 0) is 10.0 Å². The predicted molar refractivity (Wildman–Crippen MR) is 74.4 cm³/mol. The molecule has 0 aliphatic carbocycles. The number of nitrogens with zero attached hydrogens (tertiary/aromatic N) is 2. The zero-order chi connectivity index (χ0) is 15.5. The highest BCUT2D eigenvalue weighted by atomic mass is 32.2. The van der Waals surface area contributed by atoms with Crippen molar-refractivity contribution in [3.8, 4) is 5.88 Å². The van der Waals surface area contributed by atoms with E-state index in [4.69, 9.17) is 9.88 Å². The van der Waals surface area contributed by atoms with Crippen molar-refractivity contribution in [3.05, 3.63) is 42.4 Å². The number of methoxy groups -OCH3 is 1. The molecule has 0 spiro atoms. The van der Waals surface area contributed by atoms with E-state index in [-0.39, 0.29) is 16.5 Å². The number of aromatic nitrogens is 2. The first kappa shape index (κ1) is 14.9. The molecular weight excluding hydrogens is 296 g/mol. The average molecular weight is 308 g/mol. The Kier molecular flexibility index (Phi) is 4.15. The number of sulfonamides is 1. The van der Waals surface area contributed by atoms with E-state index < -0.39 is 15.9 Å². The molecule has 2 aromatic rings. The molecule has 0 unspecified atom stereocenters. The van der Waals surface area contributed by atoms with E-state index in [1.807, 2.05) is 0 Å². The number of rotatable bonds is 4. The first-order chi connectivity index (χ1) is 9.90. The molecule has 0 radical (unpaired) electrons. The number of primary sulfonamides is 1. The topological polar surface area (TPSA) is 124 Å². The molecule has 2 rings (SSSR count). The Morgan fingerprint density at radius 3 is 2.48 bits per heavy atom. The third-order valence-electron chi connectivity index (χ3n) is 2.52. The van der Waals surface area contributed by atoms with E-state index in [1.165, 1.54) is 43.8 Å². The molecule has 1 aromatic carbocycles. The molecule has 0 saturated heterocycles. The van der Waals surface area contributed by atoms with Crippen molar-refractivity contribution in [2.75, 3.05) is 12.4 Å². The fourth-order valence-electron chi connectivity index (χ4n) is 1.50. The third-order valence-corrected chi connectivity index (χ3v) is 3.45. The Bertz CT molecular complexity index is 759. The normalized spacial score (nSPS) is 11.0. The van der Waals surface area contributed by atoms with E-state index >= 15 is 0 Å². The van der Waals surface area contributed by atoms with E-state index in [1.54, 1.807) is 0 Å². The number of hydrogen-bond acceptors (Lipinski definition) is 6. The molecule has 110 valence electrons. The number of hydrogen-bond donors (Lipinski definition) is 2. The van der Waals surface area contributed by atoms with Gasteiger partial charge in [0.15, 0.2) is 0 Å². The highest BCUT2D eigenvalue weighted by molar-refractivity contribution is 7.89. The molecule has 9 heteroatoms. The second kappa shape index (κ2) is 5.85. The summed E-state index contributed by atoms with van der Waals surface area (Å²) in [5, 5.41) is 7.55. The number of carbonyl (C=O) groups excluding carboxylic acids is 1. The molecule has 0 atom stereocenters. The van der Waals surface area contributed by atoms with Crippen molar-refractivity contribution in [1.29, 1.82) is 0 Å². The highest BCUT2D eigenvalue weighted by Gasteiger charge is 2.11. The van der Waals surface area contributed by atoms with Crippen LogP contribution in [0.2, 0.25) is 0 Å². The van der Waals surface area contributed by atoms with Gasteiger partial charge in [-0.2, -0.15) is 0 Å². The number of nitrogens with one attached hydrogen (secondary N) is 1. The second-order valence-corrected chi connectivity index (χ2v) is 5.53. The fourth-order valence-corrected chi connectivity index (χ4v) is 2.01. The van der Waals surface area contributed by atoms with Gasteiger partial charge in [-0.1, -0.05) is 0 Å². The summed E-state index contributed by atoms with van der Waals surface area (Å²) in [6, 6.07) is 6.83. The number of ether oxygens (including phenoxy) is 1. The van der Waals surface area contributed by atoms with Crippen LogP contribution in [0.15, 0.2) is 41.6 Å². The van der Waals surface area contributed by atoms with Crippen molar-refractivity contribution in [3.63, 3.8) is 0 Å². The van der Waals surface area contributed by atoms with Crippen LogP contribution in [0.5, 0.6) is 5.88 Å². The molecule has 0 saturated carbocycles. The molecular formula is C12H12N4O4S. The summed E-state index contributed by atoms with van der Waals surface area (Å²) < 4.78 is 27.1. The van der Waals surface area contributed by atoms with Crippen molar-refractivity contribution >= 4 is 21.6 Å². The van der Waals surface area contributed by atoms with Gasteiger partial charge in [0.05, 0.1) is 12.0 Å². The molecule has 3 N–H and O–H groups in total. The monoisotopic (exact) mass is 308 g/mol. The van der Waals surface area contributed by atoms with Crippen LogP contribution >= 0.6 is 0 Å². The minimum absolute atomic E-state index is 0.0378. The standard InChI is InChI=1S/C12H12N4O4S/c1-20-11-6-10(14-7-15-11)12(17)16-8-2-4-9(5-3-8)21(13,18)19/h2-7H,1H3,(H,16,17)(H2,13,18,19). The lowest BCUT2D eigenvalue weighted by Gasteiger charge is -2.06. The van der Waals surface area contributed by atoms with E-state index in [0.717, 1.165) is 0 Å². The van der Waals surface area contributed by atoms with Gasteiger partial charge < -0.3 is 10.1 Å². The zero-order valence-electron chi connectivity index (χ0n) is 11.0. The van der Waals surface area contributed by atoms with Crippen molar-refractivity contribution in [2.24, 2.45) is 5.14 Å². The number of anilines is 1. The molecule has 1 heterocycles. The molecule has 1 amide bonds. The first-order valence-electron chi connectivity index (χ1n) is 5.70. The lowest BCUT2D eigenvalue weighted by Crippen LogP contribution is -2.15. The van der Waals surface area contributed by atoms with Gasteiger partial charge in [-0.3, -0.25) is 4.79 Å². The van der Waals surface area contributed by atoms with Crippen LogP contribution in [0.1, 0.15) is 10.5 Å². The average Bonchev–Trinajstić information content (AvgIpc) is 2.47. The fraction of sp³-hybridized carbons (Fsp3) is 0.0833. The predicted octanol–water partition coefficient (Wildman–Crippen LogP) is 0.385. The molecule has 0 bridgehead atoms. The van der Waals surface area contributed by atoms with Gasteiger partial charge >= 0.3 is 0 Å². The Labute approximate surface area is 121 Å². The number of benzene rings is 1.